The summed E-state index contributed by atoms with van der Waals surface area (Å²) in [7, 11) is 0. The van der Waals surface area contributed by atoms with Gasteiger partial charge in [-0.05, 0) is 38.1 Å². The predicted molar refractivity (Wildman–Crippen MR) is 109 cm³/mol. The lowest BCUT2D eigenvalue weighted by Gasteiger charge is -2.09. The molecule has 3 aromatic heterocycles. The lowest BCUT2D eigenvalue weighted by atomic mass is 10.2. The van der Waals surface area contributed by atoms with Crippen molar-refractivity contribution >= 4 is 22.5 Å². The number of nitrogens with two attached hydrogens (primary N) is 1. The molecule has 0 unspecified atom stereocenters. The first-order chi connectivity index (χ1) is 13.9. The summed E-state index contributed by atoms with van der Waals surface area (Å²) < 4.78 is 7.24. The topological polar surface area (TPSA) is 125 Å². The van der Waals surface area contributed by atoms with Crippen LogP contribution in [0.4, 0.5) is 0 Å². The molecule has 4 aromatic rings. The predicted octanol–water partition coefficient (Wildman–Crippen LogP) is 2.63. The number of rotatable bonds is 6. The highest BCUT2D eigenvalue weighted by Gasteiger charge is 2.15. The summed E-state index contributed by atoms with van der Waals surface area (Å²) in [5.74, 6) is 0.563. The lowest BCUT2D eigenvalue weighted by Crippen LogP contribution is -2.15. The third-order valence-electron chi connectivity index (χ3n) is 4.21. The first-order valence-corrected chi connectivity index (χ1v) is 8.94. The van der Waals surface area contributed by atoms with Crippen LogP contribution in [0.15, 0.2) is 49.6 Å². The normalized spacial score (nSPS) is 11.1. The molecule has 0 atom stereocenters. The lowest BCUT2D eigenvalue weighted by molar-refractivity contribution is -0.113. The number of carbonyl (C=O) groups is 1. The van der Waals surface area contributed by atoms with Crippen LogP contribution in [0.5, 0.6) is 5.75 Å². The number of hydrogen-bond donors (Lipinski definition) is 2. The Kier molecular flexibility index (Phi) is 4.55. The van der Waals surface area contributed by atoms with Crippen molar-refractivity contribution in [3.63, 3.8) is 0 Å². The van der Waals surface area contributed by atoms with Crippen LogP contribution in [0, 0.1) is 0 Å². The SMILES string of the molecule is C=C(C(N)=O)n1cnc(-c2ccnc(-c3n[nH]c4ccc(OC(C)C)cc34)n2)c1. The minimum absolute atomic E-state index is 0.0626. The van der Waals surface area contributed by atoms with Gasteiger partial charge in [0, 0.05) is 17.8 Å². The first kappa shape index (κ1) is 18.4. The summed E-state index contributed by atoms with van der Waals surface area (Å²) in [5, 5.41) is 8.21. The van der Waals surface area contributed by atoms with Crippen LogP contribution in [0.2, 0.25) is 0 Å². The average molecular weight is 389 g/mol. The number of aromatic amines is 1. The highest BCUT2D eigenvalue weighted by Crippen LogP contribution is 2.28. The highest BCUT2D eigenvalue weighted by molar-refractivity contribution is 6.11. The van der Waals surface area contributed by atoms with Gasteiger partial charge < -0.3 is 15.0 Å². The maximum Gasteiger partial charge on any atom is 0.265 e. The Hall–Kier alpha value is -4.01. The van der Waals surface area contributed by atoms with Gasteiger partial charge in [-0.2, -0.15) is 5.10 Å². The fourth-order valence-electron chi connectivity index (χ4n) is 2.85. The molecule has 3 heterocycles. The van der Waals surface area contributed by atoms with Crippen molar-refractivity contribution < 1.29 is 9.53 Å². The van der Waals surface area contributed by atoms with E-state index >= 15 is 0 Å². The Bertz CT molecular complexity index is 1220. The molecule has 9 nitrogen and oxygen atoms in total. The van der Waals surface area contributed by atoms with Crippen LogP contribution in [-0.4, -0.2) is 41.7 Å². The van der Waals surface area contributed by atoms with Crippen LogP contribution in [0.25, 0.3) is 39.5 Å². The molecule has 0 spiro atoms. The number of carbonyl (C=O) groups excluding carboxylic acids is 1. The number of ether oxygens (including phenoxy) is 1. The van der Waals surface area contributed by atoms with Crippen LogP contribution < -0.4 is 10.5 Å². The van der Waals surface area contributed by atoms with Gasteiger partial charge >= 0.3 is 0 Å². The Morgan fingerprint density at radius 3 is 2.83 bits per heavy atom. The summed E-state index contributed by atoms with van der Waals surface area (Å²) in [6.07, 6.45) is 4.79. The molecule has 0 aliphatic carbocycles. The minimum atomic E-state index is -0.625. The standard InChI is InChI=1S/C20H19N7O2/c1-11(2)29-13-4-5-15-14(8-13)18(26-25-15)20-22-7-6-16(24-20)17-9-27(10-23-17)12(3)19(21)28/h4-11H,3H2,1-2H3,(H2,21,28)(H,25,26). The maximum absolute atomic E-state index is 11.3. The van der Waals surface area contributed by atoms with E-state index in [0.717, 1.165) is 16.7 Å². The second-order valence-corrected chi connectivity index (χ2v) is 6.69. The number of hydrogen-bond acceptors (Lipinski definition) is 6. The Morgan fingerprint density at radius 1 is 1.24 bits per heavy atom. The van der Waals surface area contributed by atoms with Crippen LogP contribution >= 0.6 is 0 Å². The van der Waals surface area contributed by atoms with Gasteiger partial charge in [0.05, 0.1) is 17.3 Å². The van der Waals surface area contributed by atoms with Gasteiger partial charge in [0.15, 0.2) is 5.82 Å². The minimum Gasteiger partial charge on any atom is -0.491 e. The van der Waals surface area contributed by atoms with Crippen LogP contribution in [-0.2, 0) is 4.79 Å². The van der Waals surface area contributed by atoms with E-state index in [-0.39, 0.29) is 11.8 Å². The molecule has 0 saturated carbocycles. The Balaban J connectivity index is 1.72. The van der Waals surface area contributed by atoms with Crippen molar-refractivity contribution in [1.82, 2.24) is 29.7 Å². The van der Waals surface area contributed by atoms with E-state index in [4.69, 9.17) is 10.5 Å². The molecule has 0 aliphatic rings. The number of amides is 1. The summed E-state index contributed by atoms with van der Waals surface area (Å²) in [6.45, 7) is 7.58. The van der Waals surface area contributed by atoms with Gasteiger partial charge in [-0.25, -0.2) is 15.0 Å². The first-order valence-electron chi connectivity index (χ1n) is 8.94. The molecule has 146 valence electrons. The van der Waals surface area contributed by atoms with E-state index in [1.54, 1.807) is 18.5 Å². The largest absolute Gasteiger partial charge is 0.491 e. The third kappa shape index (κ3) is 3.57. The van der Waals surface area contributed by atoms with E-state index < -0.39 is 5.91 Å². The molecular weight excluding hydrogens is 370 g/mol. The summed E-state index contributed by atoms with van der Waals surface area (Å²) in [6, 6.07) is 7.44. The number of imidazole rings is 1. The molecule has 0 radical (unpaired) electrons. The quantitative estimate of drug-likeness (QED) is 0.488. The molecular formula is C20H19N7O2. The van der Waals surface area contributed by atoms with E-state index in [1.807, 2.05) is 32.0 Å². The Labute approximate surface area is 166 Å². The van der Waals surface area contributed by atoms with Gasteiger partial charge in [-0.15, -0.1) is 0 Å². The van der Waals surface area contributed by atoms with Crippen molar-refractivity contribution in [3.8, 4) is 28.7 Å². The number of nitrogens with zero attached hydrogens (tertiary/aromatic N) is 5. The fourth-order valence-corrected chi connectivity index (χ4v) is 2.85. The van der Waals surface area contributed by atoms with Crippen molar-refractivity contribution in [3.05, 3.63) is 49.6 Å². The van der Waals surface area contributed by atoms with Crippen molar-refractivity contribution in [2.75, 3.05) is 0 Å². The number of H-pyrrole nitrogens is 1. The molecule has 0 bridgehead atoms. The van der Waals surface area contributed by atoms with Gasteiger partial charge in [-0.3, -0.25) is 9.89 Å². The molecule has 0 saturated heterocycles. The number of fused-ring (bicyclic) bond motifs is 1. The average Bonchev–Trinajstić information content (AvgIpc) is 3.34. The fraction of sp³-hybridized carbons (Fsp3) is 0.150. The molecule has 29 heavy (non-hydrogen) atoms. The Morgan fingerprint density at radius 2 is 2.07 bits per heavy atom. The number of nitrogens with one attached hydrogen (secondary N) is 1. The summed E-state index contributed by atoms with van der Waals surface area (Å²) >= 11 is 0. The number of primary amides is 1. The molecule has 4 rings (SSSR count). The molecule has 1 aromatic carbocycles. The summed E-state index contributed by atoms with van der Waals surface area (Å²) in [5.41, 5.74) is 7.98. The molecule has 0 aliphatic heterocycles. The van der Waals surface area contributed by atoms with Gasteiger partial charge in [0.2, 0.25) is 0 Å². The second-order valence-electron chi connectivity index (χ2n) is 6.69. The molecule has 9 heteroatoms. The molecule has 3 N–H and O–H groups in total. The van der Waals surface area contributed by atoms with Crippen molar-refractivity contribution in [2.45, 2.75) is 20.0 Å². The van der Waals surface area contributed by atoms with E-state index in [0.29, 0.717) is 22.9 Å². The van der Waals surface area contributed by atoms with Gasteiger partial charge in [0.1, 0.15) is 29.2 Å². The van der Waals surface area contributed by atoms with Crippen LogP contribution in [0.1, 0.15) is 13.8 Å². The summed E-state index contributed by atoms with van der Waals surface area (Å²) in [4.78, 5) is 24.5. The monoisotopic (exact) mass is 389 g/mol. The highest BCUT2D eigenvalue weighted by atomic mass is 16.5. The van der Waals surface area contributed by atoms with Gasteiger partial charge in [0.25, 0.3) is 5.91 Å². The van der Waals surface area contributed by atoms with Gasteiger partial charge in [-0.1, -0.05) is 6.58 Å². The number of aromatic nitrogens is 6. The second kappa shape index (κ2) is 7.19. The smallest absolute Gasteiger partial charge is 0.265 e. The maximum atomic E-state index is 11.3. The zero-order valence-electron chi connectivity index (χ0n) is 16.0. The zero-order chi connectivity index (χ0) is 20.5. The van der Waals surface area contributed by atoms with E-state index in [2.05, 4.69) is 31.7 Å². The van der Waals surface area contributed by atoms with Crippen molar-refractivity contribution in [1.29, 1.82) is 0 Å². The third-order valence-corrected chi connectivity index (χ3v) is 4.21. The molecule has 0 fully saturated rings. The number of benzene rings is 1. The van der Waals surface area contributed by atoms with E-state index in [1.165, 1.54) is 10.9 Å². The van der Waals surface area contributed by atoms with Crippen LogP contribution in [0.3, 0.4) is 0 Å². The zero-order valence-corrected chi connectivity index (χ0v) is 16.0. The molecule has 1 amide bonds. The van der Waals surface area contributed by atoms with E-state index in [9.17, 15) is 4.79 Å². The van der Waals surface area contributed by atoms with Crippen molar-refractivity contribution in [2.24, 2.45) is 5.73 Å².